The van der Waals surface area contributed by atoms with Crippen LogP contribution in [0.15, 0.2) is 11.5 Å². The fraction of sp³-hybridized carbons (Fsp3) is 0.870. The average molecular weight is 418 g/mol. The van der Waals surface area contributed by atoms with Crippen molar-refractivity contribution in [1.82, 2.24) is 5.32 Å². The van der Waals surface area contributed by atoms with Crippen LogP contribution in [0.3, 0.4) is 0 Å². The first kappa shape index (κ1) is 29.9. The Morgan fingerprint density at radius 1 is 1.17 bits per heavy atom. The molecule has 1 saturated carbocycles. The van der Waals surface area contributed by atoms with Gasteiger partial charge in [-0.1, -0.05) is 27.7 Å². The first-order valence-electron chi connectivity index (χ1n) is 11.3. The number of hydrogen-bond acceptors (Lipinski definition) is 6. The molecular formula is C23H47NO5. The van der Waals surface area contributed by atoms with Crippen LogP contribution in [0, 0.1) is 0 Å². The minimum atomic E-state index is -0.187. The highest BCUT2D eigenvalue weighted by molar-refractivity contribution is 5.69. The molecule has 6 heteroatoms. The first-order chi connectivity index (χ1) is 13.9. The quantitative estimate of drug-likeness (QED) is 0.347. The van der Waals surface area contributed by atoms with E-state index in [4.69, 9.17) is 14.6 Å². The van der Waals surface area contributed by atoms with Crippen molar-refractivity contribution in [2.24, 2.45) is 0 Å². The van der Waals surface area contributed by atoms with Gasteiger partial charge in [0.25, 0.3) is 0 Å². The number of aliphatic hydroxyl groups is 1. The zero-order chi connectivity index (χ0) is 22.7. The normalized spacial score (nSPS) is 17.1. The van der Waals surface area contributed by atoms with E-state index in [9.17, 15) is 4.79 Å². The Labute approximate surface area is 179 Å². The van der Waals surface area contributed by atoms with Gasteiger partial charge in [-0.05, 0) is 64.9 Å². The van der Waals surface area contributed by atoms with Crippen LogP contribution in [0.2, 0.25) is 0 Å². The lowest BCUT2D eigenvalue weighted by atomic mass is 9.92. The van der Waals surface area contributed by atoms with E-state index in [1.54, 1.807) is 0 Å². The van der Waals surface area contributed by atoms with Gasteiger partial charge in [-0.25, -0.2) is 0 Å². The van der Waals surface area contributed by atoms with Gasteiger partial charge in [0.15, 0.2) is 5.88 Å². The van der Waals surface area contributed by atoms with Gasteiger partial charge < -0.3 is 24.6 Å². The van der Waals surface area contributed by atoms with Crippen LogP contribution in [-0.4, -0.2) is 49.6 Å². The number of aliphatic hydroxyl groups excluding tert-OH is 1. The minimum Gasteiger partial charge on any atom is -0.474 e. The van der Waals surface area contributed by atoms with Gasteiger partial charge in [0.1, 0.15) is 5.60 Å². The second-order valence-electron chi connectivity index (χ2n) is 7.42. The molecule has 0 radical (unpaired) electrons. The van der Waals surface area contributed by atoms with E-state index >= 15 is 0 Å². The molecule has 0 aromatic carbocycles. The Kier molecular flexibility index (Phi) is 19.3. The van der Waals surface area contributed by atoms with Crippen LogP contribution in [0.5, 0.6) is 0 Å². The zero-order valence-corrected chi connectivity index (χ0v) is 20.2. The Hall–Kier alpha value is -1.27. The fourth-order valence-electron chi connectivity index (χ4n) is 2.45. The molecule has 2 N–H and O–H groups in total. The largest absolute Gasteiger partial charge is 0.474 e. The Morgan fingerprint density at radius 2 is 1.79 bits per heavy atom. The third-order valence-electron chi connectivity index (χ3n) is 3.99. The van der Waals surface area contributed by atoms with E-state index in [0.29, 0.717) is 6.42 Å². The topological polar surface area (TPSA) is 77.0 Å². The second-order valence-corrected chi connectivity index (χ2v) is 7.42. The summed E-state index contributed by atoms with van der Waals surface area (Å²) in [5.41, 5.74) is 1.18. The lowest BCUT2D eigenvalue weighted by molar-refractivity contribution is -0.140. The van der Waals surface area contributed by atoms with E-state index in [0.717, 1.165) is 51.1 Å². The highest BCUT2D eigenvalue weighted by Crippen LogP contribution is 2.30. The van der Waals surface area contributed by atoms with Gasteiger partial charge >= 0.3 is 5.97 Å². The number of carbonyl (C=O) groups is 1. The van der Waals surface area contributed by atoms with Crippen molar-refractivity contribution in [3.8, 4) is 0 Å². The predicted octanol–water partition coefficient (Wildman–Crippen LogP) is 4.95. The molecule has 174 valence electrons. The molecule has 0 bridgehead atoms. The van der Waals surface area contributed by atoms with Crippen molar-refractivity contribution >= 4 is 5.97 Å². The van der Waals surface area contributed by atoms with Crippen molar-refractivity contribution in [1.29, 1.82) is 0 Å². The van der Waals surface area contributed by atoms with E-state index < -0.39 is 0 Å². The molecule has 0 aromatic rings. The van der Waals surface area contributed by atoms with Crippen molar-refractivity contribution in [2.45, 2.75) is 105 Å². The van der Waals surface area contributed by atoms with E-state index in [-0.39, 0.29) is 24.3 Å². The molecule has 0 aromatic heterocycles. The van der Waals surface area contributed by atoms with E-state index in [2.05, 4.69) is 10.1 Å². The standard InChI is InChI=1S/C14H25NO3.C5H10O2.2C2H6/c1-14(2,3)18-13(11-7-5-8-11)15-10-6-9-12(16)17-4;6-4-5-2-1-3-7-5;2*1-2/h15H,5-10H2,1-4H3;5-6H,1-4H2;2*1-2H3. The van der Waals surface area contributed by atoms with Gasteiger partial charge in [-0.15, -0.1) is 0 Å². The summed E-state index contributed by atoms with van der Waals surface area (Å²) in [6.07, 6.45) is 7.00. The summed E-state index contributed by atoms with van der Waals surface area (Å²) in [5, 5.41) is 11.7. The maximum absolute atomic E-state index is 11.0. The monoisotopic (exact) mass is 417 g/mol. The molecule has 29 heavy (non-hydrogen) atoms. The molecule has 2 aliphatic rings. The third kappa shape index (κ3) is 16.2. The van der Waals surface area contributed by atoms with Gasteiger partial charge in [-0.2, -0.15) is 0 Å². The maximum atomic E-state index is 11.0. The molecular weight excluding hydrogens is 370 g/mol. The minimum absolute atomic E-state index is 0.153. The molecule has 2 fully saturated rings. The molecule has 1 aliphatic heterocycles. The third-order valence-corrected chi connectivity index (χ3v) is 3.99. The first-order valence-corrected chi connectivity index (χ1v) is 11.3. The van der Waals surface area contributed by atoms with Gasteiger partial charge in [-0.3, -0.25) is 4.79 Å². The van der Waals surface area contributed by atoms with Crippen LogP contribution in [-0.2, 0) is 19.0 Å². The average Bonchev–Trinajstić information content (AvgIpc) is 3.20. The van der Waals surface area contributed by atoms with Gasteiger partial charge in [0.05, 0.1) is 19.8 Å². The summed E-state index contributed by atoms with van der Waals surface area (Å²) in [6.45, 7) is 15.9. The lowest BCUT2D eigenvalue weighted by Crippen LogP contribution is -2.29. The SMILES string of the molecule is CC.CC.COC(=O)CCCNC(OC(C)(C)C)=C1CCC1.OCC1CCCO1. The number of allylic oxidation sites excluding steroid dienone is 1. The highest BCUT2D eigenvalue weighted by atomic mass is 16.5. The number of rotatable bonds is 7. The summed E-state index contributed by atoms with van der Waals surface area (Å²) in [7, 11) is 1.42. The van der Waals surface area contributed by atoms with Gasteiger partial charge in [0.2, 0.25) is 0 Å². The number of nitrogens with one attached hydrogen (secondary N) is 1. The van der Waals surface area contributed by atoms with Crippen LogP contribution < -0.4 is 5.32 Å². The summed E-state index contributed by atoms with van der Waals surface area (Å²) in [5.74, 6) is 0.755. The summed E-state index contributed by atoms with van der Waals surface area (Å²) < 4.78 is 15.6. The Balaban J connectivity index is 0. The number of methoxy groups -OCH3 is 1. The zero-order valence-electron chi connectivity index (χ0n) is 20.2. The van der Waals surface area contributed by atoms with Crippen molar-refractivity contribution in [3.05, 3.63) is 11.5 Å². The summed E-state index contributed by atoms with van der Waals surface area (Å²) in [6, 6.07) is 0. The molecule has 1 atom stereocenters. The van der Waals surface area contributed by atoms with Crippen molar-refractivity contribution < 1.29 is 24.1 Å². The highest BCUT2D eigenvalue weighted by Gasteiger charge is 2.20. The number of ether oxygens (including phenoxy) is 3. The molecule has 1 unspecified atom stereocenters. The van der Waals surface area contributed by atoms with Crippen LogP contribution in [0.1, 0.15) is 93.4 Å². The van der Waals surface area contributed by atoms with Crippen molar-refractivity contribution in [3.63, 3.8) is 0 Å². The molecule has 0 amide bonds. The summed E-state index contributed by atoms with van der Waals surface area (Å²) in [4.78, 5) is 11.0. The Bertz CT molecular complexity index is 417. The number of esters is 1. The summed E-state index contributed by atoms with van der Waals surface area (Å²) >= 11 is 0. The van der Waals surface area contributed by atoms with E-state index in [1.807, 2.05) is 48.5 Å². The van der Waals surface area contributed by atoms with Crippen LogP contribution in [0.4, 0.5) is 0 Å². The van der Waals surface area contributed by atoms with Gasteiger partial charge in [0, 0.05) is 19.6 Å². The fourth-order valence-corrected chi connectivity index (χ4v) is 2.45. The van der Waals surface area contributed by atoms with E-state index in [1.165, 1.54) is 19.1 Å². The van der Waals surface area contributed by atoms with Crippen molar-refractivity contribution in [2.75, 3.05) is 26.9 Å². The van der Waals surface area contributed by atoms with Crippen LogP contribution in [0.25, 0.3) is 0 Å². The second kappa shape index (κ2) is 18.7. The Morgan fingerprint density at radius 3 is 2.14 bits per heavy atom. The lowest BCUT2D eigenvalue weighted by Gasteiger charge is -2.29. The molecule has 1 saturated heterocycles. The number of carbonyl (C=O) groups excluding carboxylic acids is 1. The molecule has 0 spiro atoms. The molecule has 1 aliphatic carbocycles. The predicted molar refractivity (Wildman–Crippen MR) is 120 cm³/mol. The molecule has 6 nitrogen and oxygen atoms in total. The number of hydrogen-bond donors (Lipinski definition) is 2. The smallest absolute Gasteiger partial charge is 0.305 e. The van der Waals surface area contributed by atoms with Crippen LogP contribution >= 0.6 is 0 Å². The molecule has 1 heterocycles. The molecule has 2 rings (SSSR count). The maximum Gasteiger partial charge on any atom is 0.305 e.